The number of carbonyl (C=O) groups excluding carboxylic acids is 1. The molecule has 1 saturated carbocycles. The zero-order valence-electron chi connectivity index (χ0n) is 20.3. The molecule has 4 aromatic rings. The van der Waals surface area contributed by atoms with Gasteiger partial charge in [0.05, 0.1) is 16.8 Å². The van der Waals surface area contributed by atoms with Crippen LogP contribution in [0, 0.1) is 12.8 Å². The molecule has 1 aliphatic carbocycles. The van der Waals surface area contributed by atoms with Gasteiger partial charge >= 0.3 is 6.18 Å². The second-order valence-electron chi connectivity index (χ2n) is 9.35. The van der Waals surface area contributed by atoms with Crippen molar-refractivity contribution in [2.45, 2.75) is 25.9 Å². The molecule has 0 bridgehead atoms. The van der Waals surface area contributed by atoms with E-state index in [1.54, 1.807) is 42.1 Å². The highest BCUT2D eigenvalue weighted by Crippen LogP contribution is 2.32. The largest absolute Gasteiger partial charge is 0.416 e. The Labute approximate surface area is 211 Å². The fourth-order valence-corrected chi connectivity index (χ4v) is 4.22. The predicted octanol–water partition coefficient (Wildman–Crippen LogP) is 6.60. The van der Waals surface area contributed by atoms with Crippen molar-refractivity contribution in [2.24, 2.45) is 13.0 Å². The van der Waals surface area contributed by atoms with Crippen molar-refractivity contribution >= 4 is 28.6 Å². The molecule has 0 spiro atoms. The molecule has 2 aromatic heterocycles. The average molecular weight is 504 g/mol. The molecule has 0 radical (unpaired) electrons. The lowest BCUT2D eigenvalue weighted by Crippen LogP contribution is -2.19. The molecule has 0 atom stereocenters. The lowest BCUT2D eigenvalue weighted by molar-refractivity contribution is -0.137. The minimum atomic E-state index is -4.55. The van der Waals surface area contributed by atoms with Crippen LogP contribution in [0.5, 0.6) is 0 Å². The number of carbonyl (C=O) groups is 1. The van der Waals surface area contributed by atoms with E-state index in [1.165, 1.54) is 25.0 Å². The summed E-state index contributed by atoms with van der Waals surface area (Å²) in [6.07, 6.45) is 3.71. The molecule has 188 valence electrons. The second-order valence-corrected chi connectivity index (χ2v) is 9.35. The summed E-state index contributed by atoms with van der Waals surface area (Å²) in [5, 5.41) is 3.44. The lowest BCUT2D eigenvalue weighted by Gasteiger charge is -2.14. The topological polar surface area (TPSA) is 64.0 Å². The zero-order valence-corrected chi connectivity index (χ0v) is 20.3. The Bertz CT molecular complexity index is 1620. The fourth-order valence-electron chi connectivity index (χ4n) is 4.22. The van der Waals surface area contributed by atoms with Crippen LogP contribution in [0.25, 0.3) is 28.1 Å². The molecular formula is C29H24F3N3O2. The molecule has 2 aromatic carbocycles. The van der Waals surface area contributed by atoms with Crippen LogP contribution >= 0.6 is 0 Å². The molecule has 2 heterocycles. The van der Waals surface area contributed by atoms with Gasteiger partial charge in [-0.05, 0) is 85.4 Å². The number of nitrogens with one attached hydrogen (secondary N) is 1. The van der Waals surface area contributed by atoms with Crippen LogP contribution in [0.4, 0.5) is 18.9 Å². The lowest BCUT2D eigenvalue weighted by atomic mass is 9.99. The zero-order chi connectivity index (χ0) is 26.3. The fraction of sp³-hybridized carbons (Fsp3) is 0.207. The monoisotopic (exact) mass is 503 g/mol. The number of amides is 1. The van der Waals surface area contributed by atoms with Gasteiger partial charge in [0.1, 0.15) is 0 Å². The van der Waals surface area contributed by atoms with Crippen LogP contribution in [0.3, 0.4) is 0 Å². The molecule has 1 amide bonds. The number of hydrogen-bond donors (Lipinski definition) is 1. The molecule has 1 N–H and O–H groups in total. The van der Waals surface area contributed by atoms with E-state index in [9.17, 15) is 22.8 Å². The van der Waals surface area contributed by atoms with E-state index in [0.29, 0.717) is 22.7 Å². The molecule has 0 unspecified atom stereocenters. The van der Waals surface area contributed by atoms with E-state index >= 15 is 0 Å². The second kappa shape index (κ2) is 9.35. The third-order valence-corrected chi connectivity index (χ3v) is 6.53. The minimum absolute atomic E-state index is 0.115. The van der Waals surface area contributed by atoms with Crippen LogP contribution in [-0.4, -0.2) is 15.5 Å². The number of rotatable bonds is 5. The summed E-state index contributed by atoms with van der Waals surface area (Å²) in [6.45, 7) is 1.85. The first-order valence-electron chi connectivity index (χ1n) is 11.9. The van der Waals surface area contributed by atoms with Gasteiger partial charge in [0.25, 0.3) is 11.5 Å². The van der Waals surface area contributed by atoms with Gasteiger partial charge in [-0.3, -0.25) is 14.6 Å². The van der Waals surface area contributed by atoms with Crippen molar-refractivity contribution in [3.05, 3.63) is 99.6 Å². The summed E-state index contributed by atoms with van der Waals surface area (Å²) in [5.74, 6) is -0.0590. The van der Waals surface area contributed by atoms with Crippen LogP contribution in [-0.2, 0) is 13.2 Å². The summed E-state index contributed by atoms with van der Waals surface area (Å²) in [5.41, 5.74) is 2.55. The molecule has 8 heteroatoms. The molecule has 1 fully saturated rings. The molecule has 0 saturated heterocycles. The SMILES string of the molecule is Cc1ccc(NC(=O)c2cccc(C(F)(F)F)c2)cc1-c1cc2cnc(C=CC3CC3)cc2n(C)c1=O. The van der Waals surface area contributed by atoms with Crippen LogP contribution < -0.4 is 10.9 Å². The van der Waals surface area contributed by atoms with Crippen molar-refractivity contribution < 1.29 is 18.0 Å². The number of nitrogens with zero attached hydrogens (tertiary/aromatic N) is 2. The van der Waals surface area contributed by atoms with Gasteiger partial charge < -0.3 is 9.88 Å². The first kappa shape index (κ1) is 24.5. The van der Waals surface area contributed by atoms with Crippen LogP contribution in [0.1, 0.15) is 40.0 Å². The van der Waals surface area contributed by atoms with Crippen molar-refractivity contribution in [1.82, 2.24) is 9.55 Å². The Balaban J connectivity index is 1.48. The molecule has 5 nitrogen and oxygen atoms in total. The quantitative estimate of drug-likeness (QED) is 0.334. The van der Waals surface area contributed by atoms with Gasteiger partial charge in [-0.1, -0.05) is 18.2 Å². The number of fused-ring (bicyclic) bond motifs is 1. The number of anilines is 1. The number of benzene rings is 2. The van der Waals surface area contributed by atoms with Gasteiger partial charge in [0.15, 0.2) is 0 Å². The Morgan fingerprint density at radius 1 is 1.08 bits per heavy atom. The van der Waals surface area contributed by atoms with Crippen molar-refractivity contribution in [3.63, 3.8) is 0 Å². The highest BCUT2D eigenvalue weighted by Gasteiger charge is 2.31. The summed E-state index contributed by atoms with van der Waals surface area (Å²) in [6, 6.07) is 13.0. The Morgan fingerprint density at radius 3 is 2.59 bits per heavy atom. The number of pyridine rings is 2. The number of aromatic nitrogens is 2. The highest BCUT2D eigenvalue weighted by molar-refractivity contribution is 6.04. The van der Waals surface area contributed by atoms with E-state index in [2.05, 4.69) is 16.4 Å². The van der Waals surface area contributed by atoms with Gasteiger partial charge in [-0.15, -0.1) is 0 Å². The smallest absolute Gasteiger partial charge is 0.322 e. The molecule has 1 aliphatic rings. The number of aryl methyl sites for hydroxylation is 2. The van der Waals surface area contributed by atoms with Gasteiger partial charge in [0, 0.05) is 35.4 Å². The molecule has 37 heavy (non-hydrogen) atoms. The van der Waals surface area contributed by atoms with E-state index in [4.69, 9.17) is 0 Å². The standard InChI is InChI=1S/C29H24F3N3O2/c1-17-6-10-23(34-27(36)19-4-3-5-21(12-19)29(30,31)32)14-24(17)25-13-20-16-33-22(11-9-18-7-8-18)15-26(20)35(2)28(25)37/h3-6,9-16,18H,7-8H2,1-2H3,(H,34,36). The normalized spacial score (nSPS) is 13.9. The van der Waals surface area contributed by atoms with E-state index in [0.717, 1.165) is 34.3 Å². The van der Waals surface area contributed by atoms with Crippen molar-refractivity contribution in [2.75, 3.05) is 5.32 Å². The Hall–Kier alpha value is -4.20. The highest BCUT2D eigenvalue weighted by atomic mass is 19.4. The maximum atomic E-state index is 13.3. The minimum Gasteiger partial charge on any atom is -0.322 e. The molecule has 0 aliphatic heterocycles. The summed E-state index contributed by atoms with van der Waals surface area (Å²) in [7, 11) is 1.71. The molecule has 5 rings (SSSR count). The summed E-state index contributed by atoms with van der Waals surface area (Å²) in [4.78, 5) is 30.5. The third kappa shape index (κ3) is 5.18. The van der Waals surface area contributed by atoms with Crippen LogP contribution in [0.2, 0.25) is 0 Å². The van der Waals surface area contributed by atoms with Gasteiger partial charge in [-0.25, -0.2) is 0 Å². The van der Waals surface area contributed by atoms with E-state index < -0.39 is 17.6 Å². The number of halogens is 3. The van der Waals surface area contributed by atoms with Crippen molar-refractivity contribution in [3.8, 4) is 11.1 Å². The third-order valence-electron chi connectivity index (χ3n) is 6.53. The van der Waals surface area contributed by atoms with Gasteiger partial charge in [0.2, 0.25) is 0 Å². The predicted molar refractivity (Wildman–Crippen MR) is 138 cm³/mol. The maximum Gasteiger partial charge on any atom is 0.416 e. The summed E-state index contributed by atoms with van der Waals surface area (Å²) < 4.78 is 40.7. The first-order valence-corrected chi connectivity index (χ1v) is 11.9. The van der Waals surface area contributed by atoms with Gasteiger partial charge in [-0.2, -0.15) is 13.2 Å². The first-order chi connectivity index (χ1) is 17.6. The Kier molecular flexibility index (Phi) is 6.19. The van der Waals surface area contributed by atoms with E-state index in [-0.39, 0.29) is 11.1 Å². The number of alkyl halides is 3. The Morgan fingerprint density at radius 2 is 1.86 bits per heavy atom. The van der Waals surface area contributed by atoms with Crippen LogP contribution in [0.15, 0.2) is 71.7 Å². The summed E-state index contributed by atoms with van der Waals surface area (Å²) >= 11 is 0. The number of allylic oxidation sites excluding steroid dienone is 1. The van der Waals surface area contributed by atoms with Crippen molar-refractivity contribution in [1.29, 1.82) is 0 Å². The average Bonchev–Trinajstić information content (AvgIpc) is 3.70. The maximum absolute atomic E-state index is 13.3. The van der Waals surface area contributed by atoms with E-state index in [1.807, 2.05) is 19.1 Å². The molecular weight excluding hydrogens is 479 g/mol. The number of hydrogen-bond acceptors (Lipinski definition) is 3.